The smallest absolute Gasteiger partial charge is 0.240 e. The second-order valence-electron chi connectivity index (χ2n) is 5.93. The lowest BCUT2D eigenvalue weighted by molar-refractivity contribution is -0.137. The van der Waals surface area contributed by atoms with E-state index in [1.807, 2.05) is 4.90 Å². The van der Waals surface area contributed by atoms with E-state index in [4.69, 9.17) is 6.42 Å². The highest BCUT2D eigenvalue weighted by Gasteiger charge is 2.32. The maximum Gasteiger partial charge on any atom is 0.240 e. The molecule has 3 nitrogen and oxygen atoms in total. The van der Waals surface area contributed by atoms with Crippen LogP contribution in [0.4, 0.5) is 0 Å². The molecule has 0 aliphatic carbocycles. The highest BCUT2D eigenvalue weighted by Crippen LogP contribution is 2.27. The van der Waals surface area contributed by atoms with Gasteiger partial charge in [0.25, 0.3) is 0 Å². The van der Waals surface area contributed by atoms with Crippen molar-refractivity contribution in [3.05, 3.63) is 28.5 Å². The van der Waals surface area contributed by atoms with E-state index in [0.29, 0.717) is 6.54 Å². The molecule has 1 fully saturated rings. The summed E-state index contributed by atoms with van der Waals surface area (Å²) in [7, 11) is 0. The standard InChI is InChI=1S/C18H22N2OS/c1-2-10-19-11-4-3-6-16(19)18(21)20-12-8-15(9-13-20)17-7-5-14-22-17/h1,5,7-8,14,16H,3-4,6,9-13H2/t16-/m1/s1. The first-order chi connectivity index (χ1) is 10.8. The predicted octanol–water partition coefficient (Wildman–Crippen LogP) is 2.85. The minimum atomic E-state index is -0.0125. The fourth-order valence-electron chi connectivity index (χ4n) is 3.34. The summed E-state index contributed by atoms with van der Waals surface area (Å²) < 4.78 is 0. The van der Waals surface area contributed by atoms with Crippen LogP contribution >= 0.6 is 11.3 Å². The molecule has 1 amide bonds. The molecule has 0 bridgehead atoms. The monoisotopic (exact) mass is 314 g/mol. The van der Waals surface area contributed by atoms with Crippen molar-refractivity contribution in [3.63, 3.8) is 0 Å². The minimum Gasteiger partial charge on any atom is -0.337 e. The Labute approximate surface area is 136 Å². The Morgan fingerprint density at radius 3 is 3.00 bits per heavy atom. The third-order valence-corrected chi connectivity index (χ3v) is 5.50. The van der Waals surface area contributed by atoms with Gasteiger partial charge in [-0.3, -0.25) is 9.69 Å². The molecule has 4 heteroatoms. The van der Waals surface area contributed by atoms with Gasteiger partial charge in [0.15, 0.2) is 0 Å². The van der Waals surface area contributed by atoms with E-state index in [-0.39, 0.29) is 11.9 Å². The van der Waals surface area contributed by atoms with Crippen LogP contribution < -0.4 is 0 Å². The molecular formula is C18H22N2OS. The average Bonchev–Trinajstić information content (AvgIpc) is 3.10. The lowest BCUT2D eigenvalue weighted by atomic mass is 9.99. The maximum absolute atomic E-state index is 12.8. The SMILES string of the molecule is C#CCN1CCCC[C@@H]1C(=O)N1CC=C(c2cccs2)CC1. The van der Waals surface area contributed by atoms with E-state index in [9.17, 15) is 4.79 Å². The molecule has 1 aromatic heterocycles. The van der Waals surface area contributed by atoms with Gasteiger partial charge in [-0.05, 0) is 42.8 Å². The first-order valence-corrected chi connectivity index (χ1v) is 8.87. The molecule has 0 saturated carbocycles. The number of hydrogen-bond acceptors (Lipinski definition) is 3. The van der Waals surface area contributed by atoms with Gasteiger partial charge in [-0.25, -0.2) is 0 Å². The number of piperidine rings is 1. The number of likely N-dealkylation sites (tertiary alicyclic amines) is 1. The lowest BCUT2D eigenvalue weighted by Crippen LogP contribution is -2.51. The normalized spacial score (nSPS) is 23.0. The Morgan fingerprint density at radius 2 is 2.32 bits per heavy atom. The molecule has 1 saturated heterocycles. The fourth-order valence-corrected chi connectivity index (χ4v) is 4.14. The van der Waals surface area contributed by atoms with Gasteiger partial charge in [0, 0.05) is 18.0 Å². The number of hydrogen-bond donors (Lipinski definition) is 0. The maximum atomic E-state index is 12.8. The summed E-state index contributed by atoms with van der Waals surface area (Å²) in [5, 5.41) is 2.10. The summed E-state index contributed by atoms with van der Waals surface area (Å²) in [6.45, 7) is 3.08. The van der Waals surface area contributed by atoms with Crippen molar-refractivity contribution >= 4 is 22.8 Å². The number of thiophene rings is 1. The van der Waals surface area contributed by atoms with Gasteiger partial charge in [-0.1, -0.05) is 24.5 Å². The summed E-state index contributed by atoms with van der Waals surface area (Å²) in [5.41, 5.74) is 1.38. The molecule has 0 aromatic carbocycles. The zero-order valence-electron chi connectivity index (χ0n) is 12.8. The highest BCUT2D eigenvalue weighted by atomic mass is 32.1. The molecule has 22 heavy (non-hydrogen) atoms. The molecule has 116 valence electrons. The molecule has 0 radical (unpaired) electrons. The van der Waals surface area contributed by atoms with Crippen molar-refractivity contribution in [2.75, 3.05) is 26.2 Å². The molecule has 0 unspecified atom stereocenters. The van der Waals surface area contributed by atoms with Crippen LogP contribution in [0.2, 0.25) is 0 Å². The zero-order chi connectivity index (χ0) is 15.4. The number of terminal acetylenes is 1. The predicted molar refractivity (Wildman–Crippen MR) is 91.5 cm³/mol. The summed E-state index contributed by atoms with van der Waals surface area (Å²) in [6.07, 6.45) is 11.8. The quantitative estimate of drug-likeness (QED) is 0.801. The van der Waals surface area contributed by atoms with Gasteiger partial charge in [0.05, 0.1) is 12.6 Å². The summed E-state index contributed by atoms with van der Waals surface area (Å²) in [4.78, 5) is 18.3. The Hall–Kier alpha value is -1.57. The first kappa shape index (κ1) is 15.3. The third-order valence-electron chi connectivity index (χ3n) is 4.55. The van der Waals surface area contributed by atoms with Crippen LogP contribution in [-0.4, -0.2) is 47.9 Å². The van der Waals surface area contributed by atoms with E-state index in [1.165, 1.54) is 10.5 Å². The van der Waals surface area contributed by atoms with E-state index in [0.717, 1.165) is 45.3 Å². The number of carbonyl (C=O) groups is 1. The van der Waals surface area contributed by atoms with Crippen molar-refractivity contribution in [2.24, 2.45) is 0 Å². The summed E-state index contributed by atoms with van der Waals surface area (Å²) >= 11 is 1.77. The molecule has 1 aromatic rings. The number of nitrogens with zero attached hydrogens (tertiary/aromatic N) is 2. The van der Waals surface area contributed by atoms with Crippen LogP contribution in [0, 0.1) is 12.3 Å². The number of rotatable bonds is 3. The van der Waals surface area contributed by atoms with Crippen molar-refractivity contribution in [1.82, 2.24) is 9.80 Å². The number of carbonyl (C=O) groups excluding carboxylic acids is 1. The molecule has 3 heterocycles. The Kier molecular flexibility index (Phi) is 4.97. The number of amides is 1. The van der Waals surface area contributed by atoms with Crippen molar-refractivity contribution in [2.45, 2.75) is 31.7 Å². The van der Waals surface area contributed by atoms with Crippen LogP contribution in [0.25, 0.3) is 5.57 Å². The second-order valence-corrected chi connectivity index (χ2v) is 6.87. The van der Waals surface area contributed by atoms with Crippen LogP contribution in [0.5, 0.6) is 0 Å². The van der Waals surface area contributed by atoms with Gasteiger partial charge >= 0.3 is 0 Å². The minimum absolute atomic E-state index is 0.0125. The molecule has 3 rings (SSSR count). The van der Waals surface area contributed by atoms with Gasteiger partial charge in [0.2, 0.25) is 5.91 Å². The third kappa shape index (κ3) is 3.26. The van der Waals surface area contributed by atoms with Crippen LogP contribution in [0.15, 0.2) is 23.6 Å². The molecule has 0 N–H and O–H groups in total. The zero-order valence-corrected chi connectivity index (χ0v) is 13.6. The average molecular weight is 314 g/mol. The highest BCUT2D eigenvalue weighted by molar-refractivity contribution is 7.11. The molecule has 1 atom stereocenters. The van der Waals surface area contributed by atoms with Crippen LogP contribution in [0.1, 0.15) is 30.6 Å². The molecule has 2 aliphatic rings. The van der Waals surface area contributed by atoms with Crippen molar-refractivity contribution < 1.29 is 4.79 Å². The second kappa shape index (κ2) is 7.13. The largest absolute Gasteiger partial charge is 0.337 e. The topological polar surface area (TPSA) is 23.6 Å². The Morgan fingerprint density at radius 1 is 1.41 bits per heavy atom. The van der Waals surface area contributed by atoms with Crippen molar-refractivity contribution in [1.29, 1.82) is 0 Å². The van der Waals surface area contributed by atoms with E-state index >= 15 is 0 Å². The van der Waals surface area contributed by atoms with Crippen LogP contribution in [-0.2, 0) is 4.79 Å². The van der Waals surface area contributed by atoms with Gasteiger partial charge in [-0.15, -0.1) is 17.8 Å². The van der Waals surface area contributed by atoms with Crippen molar-refractivity contribution in [3.8, 4) is 12.3 Å². The van der Waals surface area contributed by atoms with E-state index in [2.05, 4.69) is 34.4 Å². The lowest BCUT2D eigenvalue weighted by Gasteiger charge is -2.37. The Bertz CT molecular complexity index is 585. The molecular weight excluding hydrogens is 292 g/mol. The fraction of sp³-hybridized carbons (Fsp3) is 0.500. The summed E-state index contributed by atoms with van der Waals surface area (Å²) in [5.74, 6) is 2.96. The Balaban J connectivity index is 1.65. The van der Waals surface area contributed by atoms with Gasteiger partial charge < -0.3 is 4.90 Å². The molecule has 2 aliphatic heterocycles. The van der Waals surface area contributed by atoms with E-state index < -0.39 is 0 Å². The van der Waals surface area contributed by atoms with Crippen LogP contribution in [0.3, 0.4) is 0 Å². The van der Waals surface area contributed by atoms with E-state index in [1.54, 1.807) is 11.3 Å². The van der Waals surface area contributed by atoms with Gasteiger partial charge in [0.1, 0.15) is 0 Å². The molecule has 0 spiro atoms. The van der Waals surface area contributed by atoms with Gasteiger partial charge in [-0.2, -0.15) is 0 Å². The first-order valence-electron chi connectivity index (χ1n) is 7.99. The summed E-state index contributed by atoms with van der Waals surface area (Å²) in [6, 6.07) is 4.23.